The van der Waals surface area contributed by atoms with Gasteiger partial charge in [0.25, 0.3) is 0 Å². The van der Waals surface area contributed by atoms with Crippen molar-refractivity contribution in [1.82, 2.24) is 9.80 Å². The van der Waals surface area contributed by atoms with Crippen LogP contribution in [0.2, 0.25) is 0 Å². The van der Waals surface area contributed by atoms with E-state index in [1.165, 1.54) is 71.0 Å². The van der Waals surface area contributed by atoms with Crippen molar-refractivity contribution in [1.29, 1.82) is 0 Å². The molecule has 0 bridgehead atoms. The molecule has 0 saturated carbocycles. The minimum absolute atomic E-state index is 0. The van der Waals surface area contributed by atoms with E-state index >= 15 is 0 Å². The summed E-state index contributed by atoms with van der Waals surface area (Å²) in [5, 5.41) is 9.05. The lowest BCUT2D eigenvalue weighted by molar-refractivity contribution is 0.112. The zero-order valence-corrected chi connectivity index (χ0v) is 17.5. The number of rotatable bonds is 6. The Labute approximate surface area is 171 Å². The van der Waals surface area contributed by atoms with Gasteiger partial charge in [0.15, 0.2) is 0 Å². The predicted molar refractivity (Wildman–Crippen MR) is 113 cm³/mol. The van der Waals surface area contributed by atoms with E-state index in [2.05, 4.69) is 15.9 Å². The second-order valence-electron chi connectivity index (χ2n) is 7.85. The Balaban J connectivity index is 0.00000121. The molecule has 0 unspecified atom stereocenters. The number of piperazine rings is 1. The molecule has 0 aromatic heterocycles. The fourth-order valence-electron chi connectivity index (χ4n) is 5.09. The highest BCUT2D eigenvalue weighted by atomic mass is 35.5. The summed E-state index contributed by atoms with van der Waals surface area (Å²) < 4.78 is 0. The molecule has 3 nitrogen and oxygen atoms in total. The Bertz CT molecular complexity index is 554. The van der Waals surface area contributed by atoms with Crippen LogP contribution in [0.5, 0.6) is 0 Å². The molecule has 148 valence electrons. The van der Waals surface area contributed by atoms with E-state index < -0.39 is 0 Å². The summed E-state index contributed by atoms with van der Waals surface area (Å²) in [5.74, 6) is 0. The number of hydrogen-bond donors (Lipinski definition) is 1. The topological polar surface area (TPSA) is 26.7 Å². The van der Waals surface area contributed by atoms with Crippen molar-refractivity contribution in [3.05, 3.63) is 33.9 Å². The van der Waals surface area contributed by atoms with E-state index in [0.29, 0.717) is 6.61 Å². The highest BCUT2D eigenvalue weighted by molar-refractivity contribution is 5.85. The second kappa shape index (κ2) is 10.3. The van der Waals surface area contributed by atoms with Crippen molar-refractivity contribution in [2.45, 2.75) is 51.4 Å². The first kappa shape index (κ1) is 22.0. The fraction of sp³-hybridized carbons (Fsp3) is 0.714. The number of halogens is 2. The van der Waals surface area contributed by atoms with Crippen LogP contribution in [0.1, 0.15) is 47.1 Å². The van der Waals surface area contributed by atoms with Crippen molar-refractivity contribution in [3.63, 3.8) is 0 Å². The molecule has 3 aliphatic rings. The Hall–Kier alpha value is -0.320. The van der Waals surface area contributed by atoms with Gasteiger partial charge in [-0.05, 0) is 85.7 Å². The Morgan fingerprint density at radius 3 is 1.85 bits per heavy atom. The molecule has 1 saturated heterocycles. The van der Waals surface area contributed by atoms with Crippen LogP contribution < -0.4 is 0 Å². The standard InChI is InChI=1S/C21H32N2O.2ClH/c24-15-14-23-12-10-22(11-13-23)9-3-8-21-19-6-1-4-17(19)16-18-5-2-7-20(18)21;;/h16,24H,1-15H2;2*1H. The molecule has 1 N–H and O–H groups in total. The number of aliphatic hydroxyl groups excluding tert-OH is 1. The zero-order chi connectivity index (χ0) is 16.4. The molecular formula is C21H34Cl2N2O. The van der Waals surface area contributed by atoms with Crippen molar-refractivity contribution >= 4 is 24.8 Å². The van der Waals surface area contributed by atoms with E-state index in [0.717, 1.165) is 19.6 Å². The second-order valence-corrected chi connectivity index (χ2v) is 7.85. The maximum Gasteiger partial charge on any atom is 0.0558 e. The van der Waals surface area contributed by atoms with Crippen molar-refractivity contribution in [2.75, 3.05) is 45.9 Å². The summed E-state index contributed by atoms with van der Waals surface area (Å²) in [7, 11) is 0. The van der Waals surface area contributed by atoms with E-state index in [-0.39, 0.29) is 24.8 Å². The number of nitrogens with zero attached hydrogens (tertiary/aromatic N) is 2. The van der Waals surface area contributed by atoms with Gasteiger partial charge in [-0.1, -0.05) is 6.07 Å². The number of aliphatic hydroxyl groups is 1. The first-order valence-corrected chi connectivity index (χ1v) is 10.1. The average molecular weight is 401 g/mol. The van der Waals surface area contributed by atoms with Crippen LogP contribution in [-0.2, 0) is 32.1 Å². The highest BCUT2D eigenvalue weighted by Crippen LogP contribution is 2.35. The molecule has 26 heavy (non-hydrogen) atoms. The summed E-state index contributed by atoms with van der Waals surface area (Å²) in [6.07, 6.45) is 10.7. The summed E-state index contributed by atoms with van der Waals surface area (Å²) in [5.41, 5.74) is 8.61. The first-order valence-electron chi connectivity index (χ1n) is 10.1. The number of fused-ring (bicyclic) bond motifs is 2. The summed E-state index contributed by atoms with van der Waals surface area (Å²) in [6, 6.07) is 2.55. The van der Waals surface area contributed by atoms with Crippen LogP contribution >= 0.6 is 24.8 Å². The van der Waals surface area contributed by atoms with Crippen LogP contribution in [0.25, 0.3) is 0 Å². The minimum atomic E-state index is 0. The Morgan fingerprint density at radius 1 is 0.769 bits per heavy atom. The minimum Gasteiger partial charge on any atom is -0.395 e. The van der Waals surface area contributed by atoms with Gasteiger partial charge in [-0.25, -0.2) is 0 Å². The smallest absolute Gasteiger partial charge is 0.0558 e. The SMILES string of the molecule is Cl.Cl.OCCN1CCN(CCCc2c3c(cc4c2CCC4)CCC3)CC1. The van der Waals surface area contributed by atoms with Crippen LogP contribution in [0.15, 0.2) is 6.07 Å². The third-order valence-corrected chi connectivity index (χ3v) is 6.38. The predicted octanol–water partition coefficient (Wildman–Crippen LogP) is 3.05. The number of aryl methyl sites for hydroxylation is 2. The molecule has 1 aliphatic heterocycles. The molecule has 4 rings (SSSR count). The molecule has 0 spiro atoms. The quantitative estimate of drug-likeness (QED) is 0.794. The lowest BCUT2D eigenvalue weighted by Gasteiger charge is -2.34. The molecule has 0 amide bonds. The summed E-state index contributed by atoms with van der Waals surface area (Å²) in [4.78, 5) is 5.00. The molecule has 1 aromatic carbocycles. The molecule has 1 fully saturated rings. The Kier molecular flexibility index (Phi) is 8.69. The van der Waals surface area contributed by atoms with Crippen LogP contribution in [0.3, 0.4) is 0 Å². The molecular weight excluding hydrogens is 367 g/mol. The van der Waals surface area contributed by atoms with Gasteiger partial charge in [-0.15, -0.1) is 24.8 Å². The van der Waals surface area contributed by atoms with E-state index in [1.54, 1.807) is 27.8 Å². The van der Waals surface area contributed by atoms with E-state index in [1.807, 2.05) is 0 Å². The number of hydrogen-bond acceptors (Lipinski definition) is 3. The molecule has 1 aromatic rings. The maximum atomic E-state index is 9.05. The van der Waals surface area contributed by atoms with Gasteiger partial charge in [-0.3, -0.25) is 4.90 Å². The van der Waals surface area contributed by atoms with Gasteiger partial charge in [-0.2, -0.15) is 0 Å². The Morgan fingerprint density at radius 2 is 1.31 bits per heavy atom. The van der Waals surface area contributed by atoms with Crippen LogP contribution in [-0.4, -0.2) is 60.8 Å². The monoisotopic (exact) mass is 400 g/mol. The van der Waals surface area contributed by atoms with Crippen molar-refractivity contribution in [3.8, 4) is 0 Å². The van der Waals surface area contributed by atoms with Gasteiger partial charge in [0.2, 0.25) is 0 Å². The normalized spacial score (nSPS) is 19.6. The van der Waals surface area contributed by atoms with E-state index in [9.17, 15) is 0 Å². The largest absolute Gasteiger partial charge is 0.395 e. The van der Waals surface area contributed by atoms with Crippen LogP contribution in [0, 0.1) is 0 Å². The molecule has 0 radical (unpaired) electrons. The number of β-amino-alcohol motifs (C(OH)–C–C–N with tert-alkyl or cyclic N) is 1. The van der Waals surface area contributed by atoms with Crippen molar-refractivity contribution in [2.24, 2.45) is 0 Å². The van der Waals surface area contributed by atoms with Crippen LogP contribution in [0.4, 0.5) is 0 Å². The maximum absolute atomic E-state index is 9.05. The van der Waals surface area contributed by atoms with Crippen molar-refractivity contribution < 1.29 is 5.11 Å². The van der Waals surface area contributed by atoms with Gasteiger partial charge < -0.3 is 10.0 Å². The molecule has 0 atom stereocenters. The third-order valence-electron chi connectivity index (χ3n) is 6.38. The lowest BCUT2D eigenvalue weighted by Crippen LogP contribution is -2.47. The van der Waals surface area contributed by atoms with Gasteiger partial charge >= 0.3 is 0 Å². The zero-order valence-electron chi connectivity index (χ0n) is 15.8. The molecule has 1 heterocycles. The highest BCUT2D eigenvalue weighted by Gasteiger charge is 2.23. The summed E-state index contributed by atoms with van der Waals surface area (Å²) in [6.45, 7) is 6.97. The van der Waals surface area contributed by atoms with Gasteiger partial charge in [0, 0.05) is 32.7 Å². The number of benzene rings is 1. The van der Waals surface area contributed by atoms with Gasteiger partial charge in [0.05, 0.1) is 6.61 Å². The third kappa shape index (κ3) is 4.74. The first-order chi connectivity index (χ1) is 11.8. The average Bonchev–Trinajstić information content (AvgIpc) is 3.25. The molecule has 5 heteroatoms. The van der Waals surface area contributed by atoms with E-state index in [4.69, 9.17) is 5.11 Å². The lowest BCUT2D eigenvalue weighted by atomic mass is 9.91. The van der Waals surface area contributed by atoms with Gasteiger partial charge in [0.1, 0.15) is 0 Å². The summed E-state index contributed by atoms with van der Waals surface area (Å²) >= 11 is 0. The molecule has 2 aliphatic carbocycles. The fourth-order valence-corrected chi connectivity index (χ4v) is 5.09.